The predicted octanol–water partition coefficient (Wildman–Crippen LogP) is 1.99. The molecule has 6 heteroatoms. The number of carbonyl (C=O) groups is 2. The van der Waals surface area contributed by atoms with Gasteiger partial charge in [0.25, 0.3) is 0 Å². The summed E-state index contributed by atoms with van der Waals surface area (Å²) in [7, 11) is 1.55. The Bertz CT molecular complexity index is 509. The van der Waals surface area contributed by atoms with E-state index in [9.17, 15) is 9.59 Å². The zero-order valence-electron chi connectivity index (χ0n) is 12.8. The topological polar surface area (TPSA) is 87.7 Å². The first-order valence-corrected chi connectivity index (χ1v) is 6.64. The molecule has 0 unspecified atom stereocenters. The lowest BCUT2D eigenvalue weighted by atomic mass is 9.87. The van der Waals surface area contributed by atoms with Crippen LogP contribution in [0.2, 0.25) is 0 Å². The number of urea groups is 1. The van der Waals surface area contributed by atoms with Gasteiger partial charge in [0, 0.05) is 12.1 Å². The van der Waals surface area contributed by atoms with Gasteiger partial charge in [-0.05, 0) is 11.5 Å². The van der Waals surface area contributed by atoms with E-state index in [-0.39, 0.29) is 6.54 Å². The number of methoxy groups -OCH3 is 1. The molecular formula is C15H22N2O4. The van der Waals surface area contributed by atoms with Gasteiger partial charge in [0.2, 0.25) is 0 Å². The number of aliphatic carboxylic acids is 1. The Kier molecular flexibility index (Phi) is 5.58. The van der Waals surface area contributed by atoms with Crippen LogP contribution in [0.15, 0.2) is 24.3 Å². The van der Waals surface area contributed by atoms with Gasteiger partial charge in [-0.15, -0.1) is 0 Å². The van der Waals surface area contributed by atoms with E-state index in [1.54, 1.807) is 33.9 Å². The Hall–Kier alpha value is -2.24. The molecule has 1 aromatic carbocycles. The van der Waals surface area contributed by atoms with Gasteiger partial charge in [0.05, 0.1) is 7.11 Å². The molecule has 0 radical (unpaired) electrons. The standard InChI is InChI=1S/C15H22N2O4/c1-15(2,3)12(13(18)19)17-14(20)16-9-10-7-5-6-8-11(10)21-4/h5-8,12H,9H2,1-4H3,(H,18,19)(H2,16,17,20)/t12-/m0/s1. The minimum atomic E-state index is -1.06. The zero-order chi connectivity index (χ0) is 16.0. The molecule has 0 spiro atoms. The fourth-order valence-corrected chi connectivity index (χ4v) is 1.86. The van der Waals surface area contributed by atoms with Crippen molar-refractivity contribution in [2.24, 2.45) is 5.41 Å². The van der Waals surface area contributed by atoms with Gasteiger partial charge in [-0.25, -0.2) is 9.59 Å². The van der Waals surface area contributed by atoms with Crippen molar-refractivity contribution < 1.29 is 19.4 Å². The maximum Gasteiger partial charge on any atom is 0.326 e. The van der Waals surface area contributed by atoms with Crippen molar-refractivity contribution in [3.05, 3.63) is 29.8 Å². The van der Waals surface area contributed by atoms with Crippen molar-refractivity contribution in [2.45, 2.75) is 33.4 Å². The summed E-state index contributed by atoms with van der Waals surface area (Å²) < 4.78 is 5.19. The molecular weight excluding hydrogens is 272 g/mol. The number of para-hydroxylation sites is 1. The summed E-state index contributed by atoms with van der Waals surface area (Å²) in [6, 6.07) is 5.81. The molecule has 3 N–H and O–H groups in total. The third kappa shape index (κ3) is 4.98. The molecule has 0 saturated carbocycles. The molecule has 2 amide bonds. The van der Waals surface area contributed by atoms with Gasteiger partial charge < -0.3 is 20.5 Å². The predicted molar refractivity (Wildman–Crippen MR) is 79.2 cm³/mol. The average molecular weight is 294 g/mol. The van der Waals surface area contributed by atoms with Crippen molar-refractivity contribution in [3.8, 4) is 5.75 Å². The van der Waals surface area contributed by atoms with E-state index in [1.807, 2.05) is 18.2 Å². The fourth-order valence-electron chi connectivity index (χ4n) is 1.86. The van der Waals surface area contributed by atoms with Crippen molar-refractivity contribution >= 4 is 12.0 Å². The van der Waals surface area contributed by atoms with Crippen LogP contribution in [0.1, 0.15) is 26.3 Å². The Balaban J connectivity index is 2.63. The lowest BCUT2D eigenvalue weighted by molar-refractivity contribution is -0.141. The highest BCUT2D eigenvalue weighted by Crippen LogP contribution is 2.19. The van der Waals surface area contributed by atoms with Gasteiger partial charge in [-0.3, -0.25) is 0 Å². The summed E-state index contributed by atoms with van der Waals surface area (Å²) in [5.74, 6) is -0.390. The zero-order valence-corrected chi connectivity index (χ0v) is 12.8. The maximum absolute atomic E-state index is 11.9. The van der Waals surface area contributed by atoms with Crippen molar-refractivity contribution in [3.63, 3.8) is 0 Å². The Labute approximate surface area is 124 Å². The van der Waals surface area contributed by atoms with Crippen LogP contribution in [0.4, 0.5) is 4.79 Å². The minimum absolute atomic E-state index is 0.256. The van der Waals surface area contributed by atoms with Crippen LogP contribution < -0.4 is 15.4 Å². The molecule has 6 nitrogen and oxygen atoms in total. The van der Waals surface area contributed by atoms with Gasteiger partial charge in [-0.2, -0.15) is 0 Å². The number of nitrogens with one attached hydrogen (secondary N) is 2. The molecule has 0 aliphatic heterocycles. The average Bonchev–Trinajstić information content (AvgIpc) is 2.41. The second kappa shape index (κ2) is 6.97. The Morgan fingerprint density at radius 2 is 1.90 bits per heavy atom. The largest absolute Gasteiger partial charge is 0.496 e. The van der Waals surface area contributed by atoms with Gasteiger partial charge in [0.1, 0.15) is 11.8 Å². The van der Waals surface area contributed by atoms with Crippen LogP contribution >= 0.6 is 0 Å². The first-order valence-electron chi connectivity index (χ1n) is 6.64. The molecule has 116 valence electrons. The van der Waals surface area contributed by atoms with Crippen LogP contribution in [-0.2, 0) is 11.3 Å². The number of rotatable bonds is 5. The number of hydrogen-bond acceptors (Lipinski definition) is 3. The smallest absolute Gasteiger partial charge is 0.326 e. The lowest BCUT2D eigenvalue weighted by Crippen LogP contribution is -2.52. The minimum Gasteiger partial charge on any atom is -0.496 e. The number of benzene rings is 1. The second-order valence-corrected chi connectivity index (χ2v) is 5.78. The third-order valence-corrected chi connectivity index (χ3v) is 3.02. The monoisotopic (exact) mass is 294 g/mol. The fraction of sp³-hybridized carbons (Fsp3) is 0.467. The summed E-state index contributed by atoms with van der Waals surface area (Å²) in [6.45, 7) is 5.53. The van der Waals surface area contributed by atoms with Crippen molar-refractivity contribution in [2.75, 3.05) is 7.11 Å². The van der Waals surface area contributed by atoms with E-state index >= 15 is 0 Å². The van der Waals surface area contributed by atoms with E-state index in [2.05, 4.69) is 10.6 Å². The second-order valence-electron chi connectivity index (χ2n) is 5.78. The number of ether oxygens (including phenoxy) is 1. The highest BCUT2D eigenvalue weighted by molar-refractivity contribution is 5.83. The van der Waals surface area contributed by atoms with Gasteiger partial charge in [-0.1, -0.05) is 39.0 Å². The molecule has 1 atom stereocenters. The summed E-state index contributed by atoms with van der Waals surface area (Å²) in [4.78, 5) is 23.0. The third-order valence-electron chi connectivity index (χ3n) is 3.02. The van der Waals surface area contributed by atoms with E-state index in [0.717, 1.165) is 5.56 Å². The molecule has 0 aliphatic rings. The van der Waals surface area contributed by atoms with Crippen LogP contribution in [0.25, 0.3) is 0 Å². The summed E-state index contributed by atoms with van der Waals surface area (Å²) in [6.07, 6.45) is 0. The van der Waals surface area contributed by atoms with Crippen LogP contribution in [0, 0.1) is 5.41 Å². The highest BCUT2D eigenvalue weighted by Gasteiger charge is 2.32. The van der Waals surface area contributed by atoms with Crippen LogP contribution in [-0.4, -0.2) is 30.3 Å². The van der Waals surface area contributed by atoms with E-state index in [1.165, 1.54) is 0 Å². The number of carbonyl (C=O) groups excluding carboxylic acids is 1. The van der Waals surface area contributed by atoms with Crippen molar-refractivity contribution in [1.82, 2.24) is 10.6 Å². The quantitative estimate of drug-likeness (QED) is 0.775. The van der Waals surface area contributed by atoms with Gasteiger partial charge in [0.15, 0.2) is 0 Å². The molecule has 0 saturated heterocycles. The van der Waals surface area contributed by atoms with Crippen LogP contribution in [0.5, 0.6) is 5.75 Å². The van der Waals surface area contributed by atoms with E-state index < -0.39 is 23.5 Å². The maximum atomic E-state index is 11.9. The molecule has 1 rings (SSSR count). The molecule has 0 aromatic heterocycles. The number of carboxylic acid groups (broad SMARTS) is 1. The normalized spacial score (nSPS) is 12.4. The van der Waals surface area contributed by atoms with Crippen LogP contribution in [0.3, 0.4) is 0 Å². The first-order chi connectivity index (χ1) is 9.75. The first kappa shape index (κ1) is 16.8. The molecule has 0 bridgehead atoms. The Morgan fingerprint density at radius 3 is 2.43 bits per heavy atom. The van der Waals surface area contributed by atoms with E-state index in [4.69, 9.17) is 9.84 Å². The highest BCUT2D eigenvalue weighted by atomic mass is 16.5. The number of amides is 2. The number of hydrogen-bond donors (Lipinski definition) is 3. The molecule has 0 aliphatic carbocycles. The van der Waals surface area contributed by atoms with E-state index in [0.29, 0.717) is 5.75 Å². The molecule has 0 heterocycles. The summed E-state index contributed by atoms with van der Waals surface area (Å²) in [5, 5.41) is 14.3. The molecule has 0 fully saturated rings. The molecule has 21 heavy (non-hydrogen) atoms. The SMILES string of the molecule is COc1ccccc1CNC(=O)N[C@@H](C(=O)O)C(C)(C)C. The molecule has 1 aromatic rings. The summed E-state index contributed by atoms with van der Waals surface area (Å²) in [5.41, 5.74) is 0.242. The summed E-state index contributed by atoms with van der Waals surface area (Å²) >= 11 is 0. The van der Waals surface area contributed by atoms with Gasteiger partial charge >= 0.3 is 12.0 Å². The van der Waals surface area contributed by atoms with Crippen molar-refractivity contribution in [1.29, 1.82) is 0 Å². The lowest BCUT2D eigenvalue weighted by Gasteiger charge is -2.27. The number of carboxylic acids is 1. The Morgan fingerprint density at radius 1 is 1.29 bits per heavy atom.